The van der Waals surface area contributed by atoms with E-state index < -0.39 is 17.8 Å². The molecule has 0 spiro atoms. The number of alkyl halides is 3. The molecule has 2 aromatic rings. The number of hydrogen-bond acceptors (Lipinski definition) is 3. The quantitative estimate of drug-likeness (QED) is 0.823. The van der Waals surface area contributed by atoms with E-state index >= 15 is 0 Å². The molecule has 4 nitrogen and oxygen atoms in total. The van der Waals surface area contributed by atoms with E-state index in [-0.39, 0.29) is 11.3 Å². The van der Waals surface area contributed by atoms with Crippen molar-refractivity contribution >= 4 is 29.0 Å². The van der Waals surface area contributed by atoms with Crippen molar-refractivity contribution in [1.29, 1.82) is 0 Å². The van der Waals surface area contributed by atoms with E-state index in [0.717, 1.165) is 10.9 Å². The lowest BCUT2D eigenvalue weighted by molar-refractivity contribution is -0.140. The Labute approximate surface area is 121 Å². The number of carbonyl (C=O) groups excluding carboxylic acids is 1. The van der Waals surface area contributed by atoms with Crippen molar-refractivity contribution in [3.63, 3.8) is 0 Å². The van der Waals surface area contributed by atoms with Crippen LogP contribution in [0.1, 0.15) is 16.3 Å². The lowest BCUT2D eigenvalue weighted by Crippen LogP contribution is -2.13. The van der Waals surface area contributed by atoms with Crippen molar-refractivity contribution in [3.8, 4) is 0 Å². The van der Waals surface area contributed by atoms with Crippen LogP contribution in [0.15, 0.2) is 40.3 Å². The molecular weight excluding hydrogens is 303 g/mol. The Morgan fingerprint density at radius 1 is 1.24 bits per heavy atom. The second-order valence-electron chi connectivity index (χ2n) is 4.26. The molecule has 0 aromatic carbocycles. The fraction of sp³-hybridized carbons (Fsp3) is 0.0769. The highest BCUT2D eigenvalue weighted by atomic mass is 32.1. The van der Waals surface area contributed by atoms with Crippen LogP contribution < -0.4 is 5.43 Å². The summed E-state index contributed by atoms with van der Waals surface area (Å²) in [6.07, 6.45) is -3.09. The SMILES string of the molecule is O=C1NN=C(c2cccs2)/C1=C/c1ccc(C(F)(F)F)[nH]1. The zero-order chi connectivity index (χ0) is 15.0. The standard InChI is InChI=1S/C13H8F3N3OS/c14-13(15,16)10-4-3-7(17-10)6-8-11(18-19-12(8)20)9-2-1-5-21-9/h1-6,17H,(H,19,20)/b8-6-. The van der Waals surface area contributed by atoms with E-state index in [4.69, 9.17) is 0 Å². The summed E-state index contributed by atoms with van der Waals surface area (Å²) in [5.74, 6) is -0.443. The monoisotopic (exact) mass is 311 g/mol. The van der Waals surface area contributed by atoms with Gasteiger partial charge in [-0.15, -0.1) is 11.3 Å². The summed E-state index contributed by atoms with van der Waals surface area (Å²) >= 11 is 1.39. The molecule has 2 aromatic heterocycles. The number of aromatic nitrogens is 1. The largest absolute Gasteiger partial charge is 0.431 e. The number of rotatable bonds is 2. The average Bonchev–Trinajstić information content (AvgIpc) is 3.11. The maximum atomic E-state index is 12.5. The summed E-state index contributed by atoms with van der Waals surface area (Å²) in [5.41, 5.74) is 2.31. The number of nitrogens with zero attached hydrogens (tertiary/aromatic N) is 1. The first-order chi connectivity index (χ1) is 9.95. The molecule has 0 fully saturated rings. The van der Waals surface area contributed by atoms with Crippen LogP contribution in [0.2, 0.25) is 0 Å². The molecule has 21 heavy (non-hydrogen) atoms. The number of amides is 1. The third-order valence-electron chi connectivity index (χ3n) is 2.84. The maximum Gasteiger partial charge on any atom is 0.431 e. The Kier molecular flexibility index (Phi) is 3.17. The van der Waals surface area contributed by atoms with E-state index in [0.29, 0.717) is 5.71 Å². The molecule has 0 unspecified atom stereocenters. The Balaban J connectivity index is 1.96. The highest BCUT2D eigenvalue weighted by Gasteiger charge is 2.32. The summed E-state index contributed by atoms with van der Waals surface area (Å²) in [5, 5.41) is 5.74. The smallest absolute Gasteiger partial charge is 0.351 e. The maximum absolute atomic E-state index is 12.5. The minimum Gasteiger partial charge on any atom is -0.351 e. The van der Waals surface area contributed by atoms with Crippen LogP contribution in [0.25, 0.3) is 6.08 Å². The Morgan fingerprint density at radius 3 is 2.67 bits per heavy atom. The van der Waals surface area contributed by atoms with Crippen LogP contribution in [0.4, 0.5) is 13.2 Å². The van der Waals surface area contributed by atoms with Gasteiger partial charge in [-0.2, -0.15) is 18.3 Å². The predicted octanol–water partition coefficient (Wildman–Crippen LogP) is 3.01. The summed E-state index contributed by atoms with van der Waals surface area (Å²) in [7, 11) is 0. The van der Waals surface area contributed by atoms with Crippen LogP contribution in [-0.4, -0.2) is 16.6 Å². The van der Waals surface area contributed by atoms with Gasteiger partial charge in [-0.25, -0.2) is 5.43 Å². The first kappa shape index (κ1) is 13.6. The van der Waals surface area contributed by atoms with Gasteiger partial charge < -0.3 is 4.98 Å². The van der Waals surface area contributed by atoms with Gasteiger partial charge in [0, 0.05) is 5.69 Å². The molecule has 3 rings (SSSR count). The molecular formula is C13H8F3N3OS. The van der Waals surface area contributed by atoms with Gasteiger partial charge in [0.05, 0.1) is 10.5 Å². The molecule has 1 aliphatic heterocycles. The Bertz CT molecular complexity index is 741. The van der Waals surface area contributed by atoms with Gasteiger partial charge in [0.15, 0.2) is 0 Å². The molecule has 0 radical (unpaired) electrons. The number of H-pyrrole nitrogens is 1. The second kappa shape index (κ2) is 4.88. The van der Waals surface area contributed by atoms with Crippen LogP contribution in [0, 0.1) is 0 Å². The van der Waals surface area contributed by atoms with Gasteiger partial charge in [0.25, 0.3) is 5.91 Å². The zero-order valence-electron chi connectivity index (χ0n) is 10.4. The topological polar surface area (TPSA) is 57.2 Å². The van der Waals surface area contributed by atoms with Crippen LogP contribution in [0.3, 0.4) is 0 Å². The van der Waals surface area contributed by atoms with E-state index in [1.807, 2.05) is 5.38 Å². The van der Waals surface area contributed by atoms with Crippen molar-refractivity contribution in [2.75, 3.05) is 0 Å². The van der Waals surface area contributed by atoms with Gasteiger partial charge in [-0.05, 0) is 29.7 Å². The van der Waals surface area contributed by atoms with Crippen LogP contribution in [-0.2, 0) is 11.0 Å². The number of carbonyl (C=O) groups is 1. The predicted molar refractivity (Wildman–Crippen MR) is 72.8 cm³/mol. The van der Waals surface area contributed by atoms with Gasteiger partial charge in [-0.3, -0.25) is 4.79 Å². The first-order valence-electron chi connectivity index (χ1n) is 5.85. The minimum absolute atomic E-state index is 0.193. The number of halogens is 3. The summed E-state index contributed by atoms with van der Waals surface area (Å²) < 4.78 is 37.6. The molecule has 8 heteroatoms. The number of aromatic amines is 1. The van der Waals surface area contributed by atoms with Crippen molar-refractivity contribution in [2.45, 2.75) is 6.18 Å². The Morgan fingerprint density at radius 2 is 2.05 bits per heavy atom. The molecule has 0 saturated carbocycles. The van der Waals surface area contributed by atoms with Gasteiger partial charge in [0.2, 0.25) is 0 Å². The number of thiophene rings is 1. The first-order valence-corrected chi connectivity index (χ1v) is 6.73. The normalized spacial score (nSPS) is 17.2. The van der Waals surface area contributed by atoms with Gasteiger partial charge in [-0.1, -0.05) is 6.07 Å². The zero-order valence-corrected chi connectivity index (χ0v) is 11.2. The van der Waals surface area contributed by atoms with E-state index in [1.54, 1.807) is 12.1 Å². The van der Waals surface area contributed by atoms with Crippen LogP contribution >= 0.6 is 11.3 Å². The lowest BCUT2D eigenvalue weighted by Gasteiger charge is -2.02. The molecule has 0 saturated heterocycles. The molecule has 3 heterocycles. The van der Waals surface area contributed by atoms with E-state index in [9.17, 15) is 18.0 Å². The van der Waals surface area contributed by atoms with Crippen molar-refractivity contribution < 1.29 is 18.0 Å². The van der Waals surface area contributed by atoms with Crippen LogP contribution in [0.5, 0.6) is 0 Å². The minimum atomic E-state index is -4.45. The second-order valence-corrected chi connectivity index (χ2v) is 5.21. The molecule has 0 atom stereocenters. The highest BCUT2D eigenvalue weighted by Crippen LogP contribution is 2.29. The summed E-state index contributed by atoms with van der Waals surface area (Å²) in [4.78, 5) is 14.8. The fourth-order valence-corrected chi connectivity index (χ4v) is 2.61. The Hall–Kier alpha value is -2.35. The van der Waals surface area contributed by atoms with Gasteiger partial charge in [0.1, 0.15) is 11.4 Å². The fourth-order valence-electron chi connectivity index (χ4n) is 1.89. The molecule has 0 bridgehead atoms. The van der Waals surface area contributed by atoms with Crippen molar-refractivity contribution in [3.05, 3.63) is 51.5 Å². The highest BCUT2D eigenvalue weighted by molar-refractivity contribution is 7.12. The number of hydrazone groups is 1. The van der Waals surface area contributed by atoms with Crippen molar-refractivity contribution in [2.24, 2.45) is 5.10 Å². The summed E-state index contributed by atoms with van der Waals surface area (Å²) in [6, 6.07) is 5.79. The third kappa shape index (κ3) is 2.62. The van der Waals surface area contributed by atoms with Crippen molar-refractivity contribution in [1.82, 2.24) is 10.4 Å². The third-order valence-corrected chi connectivity index (χ3v) is 3.71. The summed E-state index contributed by atoms with van der Waals surface area (Å²) in [6.45, 7) is 0. The average molecular weight is 311 g/mol. The van der Waals surface area contributed by atoms with E-state index in [2.05, 4.69) is 15.5 Å². The molecule has 0 aliphatic carbocycles. The number of hydrogen-bond donors (Lipinski definition) is 2. The van der Waals surface area contributed by atoms with E-state index in [1.165, 1.54) is 23.5 Å². The molecule has 108 valence electrons. The van der Waals surface area contributed by atoms with Gasteiger partial charge >= 0.3 is 6.18 Å². The number of nitrogens with one attached hydrogen (secondary N) is 2. The molecule has 1 amide bonds. The molecule has 1 aliphatic rings. The lowest BCUT2D eigenvalue weighted by atomic mass is 10.1. The molecule has 2 N–H and O–H groups in total.